The summed E-state index contributed by atoms with van der Waals surface area (Å²) in [7, 11) is 0. The van der Waals surface area contributed by atoms with Crippen LogP contribution in [0.25, 0.3) is 0 Å². The Labute approximate surface area is 92.5 Å². The molecule has 0 aromatic heterocycles. The molecule has 15 heavy (non-hydrogen) atoms. The zero-order valence-electron chi connectivity index (χ0n) is 10.3. The van der Waals surface area contributed by atoms with Crippen molar-refractivity contribution in [1.82, 2.24) is 0 Å². The summed E-state index contributed by atoms with van der Waals surface area (Å²) in [5.41, 5.74) is 0.728. The SMILES string of the molecule is C=C(C)C(=O)OCOCCCC(C)(C)C. The number of rotatable bonds is 6. The molecule has 0 bridgehead atoms. The summed E-state index contributed by atoms with van der Waals surface area (Å²) in [6.45, 7) is 12.3. The van der Waals surface area contributed by atoms with E-state index in [9.17, 15) is 4.79 Å². The van der Waals surface area contributed by atoms with Gasteiger partial charge in [-0.15, -0.1) is 0 Å². The monoisotopic (exact) mass is 214 g/mol. The Morgan fingerprint density at radius 2 is 1.93 bits per heavy atom. The molecule has 0 rings (SSSR count). The molecule has 0 unspecified atom stereocenters. The van der Waals surface area contributed by atoms with Gasteiger partial charge in [0.05, 0.1) is 6.61 Å². The first-order chi connectivity index (χ1) is 6.83. The van der Waals surface area contributed by atoms with Crippen molar-refractivity contribution in [3.63, 3.8) is 0 Å². The quantitative estimate of drug-likeness (QED) is 0.295. The van der Waals surface area contributed by atoms with Crippen molar-refractivity contribution in [1.29, 1.82) is 0 Å². The predicted octanol–water partition coefficient (Wildman–Crippen LogP) is 2.91. The van der Waals surface area contributed by atoms with Gasteiger partial charge in [0, 0.05) is 5.57 Å². The molecule has 0 aliphatic heterocycles. The molecule has 0 heterocycles. The highest BCUT2D eigenvalue weighted by Gasteiger charge is 2.09. The molecule has 0 spiro atoms. The van der Waals surface area contributed by atoms with Crippen LogP contribution in [0.5, 0.6) is 0 Å². The predicted molar refractivity (Wildman–Crippen MR) is 60.4 cm³/mol. The van der Waals surface area contributed by atoms with Crippen LogP contribution in [0, 0.1) is 5.41 Å². The molecular weight excluding hydrogens is 192 g/mol. The van der Waals surface area contributed by atoms with Gasteiger partial charge in [-0.3, -0.25) is 0 Å². The van der Waals surface area contributed by atoms with Crippen LogP contribution in [-0.2, 0) is 14.3 Å². The molecular formula is C12H22O3. The van der Waals surface area contributed by atoms with Gasteiger partial charge in [0.25, 0.3) is 0 Å². The Balaban J connectivity index is 3.33. The van der Waals surface area contributed by atoms with E-state index in [1.54, 1.807) is 6.92 Å². The maximum absolute atomic E-state index is 10.9. The molecule has 0 radical (unpaired) electrons. The van der Waals surface area contributed by atoms with E-state index < -0.39 is 5.97 Å². The first kappa shape index (κ1) is 14.2. The molecule has 0 aliphatic rings. The molecule has 0 aliphatic carbocycles. The second kappa shape index (κ2) is 6.62. The second-order valence-electron chi connectivity index (χ2n) is 4.90. The first-order valence-electron chi connectivity index (χ1n) is 5.23. The van der Waals surface area contributed by atoms with Crippen LogP contribution in [-0.4, -0.2) is 19.4 Å². The molecule has 88 valence electrons. The number of carbonyl (C=O) groups excluding carboxylic acids is 1. The zero-order chi connectivity index (χ0) is 11.9. The largest absolute Gasteiger partial charge is 0.435 e. The molecule has 0 atom stereocenters. The number of esters is 1. The fraction of sp³-hybridized carbons (Fsp3) is 0.750. The van der Waals surface area contributed by atoms with Crippen molar-refractivity contribution in [2.45, 2.75) is 40.5 Å². The summed E-state index contributed by atoms with van der Waals surface area (Å²) in [4.78, 5) is 10.9. The average Bonchev–Trinajstić information content (AvgIpc) is 2.08. The van der Waals surface area contributed by atoms with E-state index in [0.29, 0.717) is 17.6 Å². The van der Waals surface area contributed by atoms with E-state index in [4.69, 9.17) is 9.47 Å². The van der Waals surface area contributed by atoms with Gasteiger partial charge in [0.2, 0.25) is 0 Å². The van der Waals surface area contributed by atoms with E-state index in [0.717, 1.165) is 12.8 Å². The lowest BCUT2D eigenvalue weighted by Crippen LogP contribution is -2.11. The minimum absolute atomic E-state index is 0.0236. The summed E-state index contributed by atoms with van der Waals surface area (Å²) in [5, 5.41) is 0. The van der Waals surface area contributed by atoms with Gasteiger partial charge in [-0.1, -0.05) is 27.4 Å². The number of carbonyl (C=O) groups is 1. The van der Waals surface area contributed by atoms with Crippen LogP contribution < -0.4 is 0 Å². The summed E-state index contributed by atoms with van der Waals surface area (Å²) in [6.07, 6.45) is 2.08. The lowest BCUT2D eigenvalue weighted by molar-refractivity contribution is -0.151. The summed E-state index contributed by atoms with van der Waals surface area (Å²) in [6, 6.07) is 0. The van der Waals surface area contributed by atoms with Crippen LogP contribution in [0.4, 0.5) is 0 Å². The van der Waals surface area contributed by atoms with Crippen molar-refractivity contribution in [3.8, 4) is 0 Å². The van der Waals surface area contributed by atoms with Crippen LogP contribution in [0.1, 0.15) is 40.5 Å². The van der Waals surface area contributed by atoms with Crippen molar-refractivity contribution in [2.24, 2.45) is 5.41 Å². The minimum Gasteiger partial charge on any atom is -0.435 e. The summed E-state index contributed by atoms with van der Waals surface area (Å²) >= 11 is 0. The number of ether oxygens (including phenoxy) is 2. The maximum atomic E-state index is 10.9. The molecule has 0 aromatic rings. The van der Waals surface area contributed by atoms with Crippen LogP contribution in [0.2, 0.25) is 0 Å². The van der Waals surface area contributed by atoms with E-state index in [-0.39, 0.29) is 6.79 Å². The van der Waals surface area contributed by atoms with Gasteiger partial charge >= 0.3 is 5.97 Å². The highest BCUT2D eigenvalue weighted by atomic mass is 16.7. The third kappa shape index (κ3) is 9.47. The Morgan fingerprint density at radius 1 is 1.33 bits per heavy atom. The van der Waals surface area contributed by atoms with Crippen molar-refractivity contribution >= 4 is 5.97 Å². The van der Waals surface area contributed by atoms with E-state index >= 15 is 0 Å². The highest BCUT2D eigenvalue weighted by molar-refractivity contribution is 5.86. The Kier molecular flexibility index (Phi) is 6.25. The van der Waals surface area contributed by atoms with Crippen LogP contribution in [0.3, 0.4) is 0 Å². The summed E-state index contributed by atoms with van der Waals surface area (Å²) < 4.78 is 9.94. The molecule has 0 saturated carbocycles. The molecule has 0 amide bonds. The van der Waals surface area contributed by atoms with Crippen molar-refractivity contribution < 1.29 is 14.3 Å². The third-order valence-electron chi connectivity index (χ3n) is 1.84. The normalized spacial score (nSPS) is 11.2. The van der Waals surface area contributed by atoms with Gasteiger partial charge in [-0.05, 0) is 25.2 Å². The molecule has 0 fully saturated rings. The van der Waals surface area contributed by atoms with Gasteiger partial charge < -0.3 is 9.47 Å². The first-order valence-corrected chi connectivity index (χ1v) is 5.23. The fourth-order valence-corrected chi connectivity index (χ4v) is 0.982. The molecule has 0 N–H and O–H groups in total. The average molecular weight is 214 g/mol. The van der Waals surface area contributed by atoms with E-state index in [2.05, 4.69) is 27.4 Å². The number of hydrogen-bond acceptors (Lipinski definition) is 3. The topological polar surface area (TPSA) is 35.5 Å². The zero-order valence-corrected chi connectivity index (χ0v) is 10.3. The van der Waals surface area contributed by atoms with Gasteiger partial charge in [-0.2, -0.15) is 0 Å². The minimum atomic E-state index is -0.397. The second-order valence-corrected chi connectivity index (χ2v) is 4.90. The maximum Gasteiger partial charge on any atom is 0.335 e. The van der Waals surface area contributed by atoms with Crippen LogP contribution >= 0.6 is 0 Å². The third-order valence-corrected chi connectivity index (χ3v) is 1.84. The lowest BCUT2D eigenvalue weighted by atomic mass is 9.91. The van der Waals surface area contributed by atoms with Gasteiger partial charge in [-0.25, -0.2) is 4.79 Å². The molecule has 3 heteroatoms. The Morgan fingerprint density at radius 3 is 2.40 bits per heavy atom. The fourth-order valence-electron chi connectivity index (χ4n) is 0.982. The number of hydrogen-bond donors (Lipinski definition) is 0. The van der Waals surface area contributed by atoms with Crippen LogP contribution in [0.15, 0.2) is 12.2 Å². The van der Waals surface area contributed by atoms with Crippen molar-refractivity contribution in [2.75, 3.05) is 13.4 Å². The van der Waals surface area contributed by atoms with Gasteiger partial charge in [0.15, 0.2) is 6.79 Å². The highest BCUT2D eigenvalue weighted by Crippen LogP contribution is 2.20. The lowest BCUT2D eigenvalue weighted by Gasteiger charge is -2.17. The molecule has 0 saturated heterocycles. The molecule has 3 nitrogen and oxygen atoms in total. The Bertz CT molecular complexity index is 213. The van der Waals surface area contributed by atoms with Gasteiger partial charge in [0.1, 0.15) is 0 Å². The smallest absolute Gasteiger partial charge is 0.335 e. The Hall–Kier alpha value is -0.830. The molecule has 0 aromatic carbocycles. The van der Waals surface area contributed by atoms with Crippen molar-refractivity contribution in [3.05, 3.63) is 12.2 Å². The van der Waals surface area contributed by atoms with E-state index in [1.807, 2.05) is 0 Å². The standard InChI is InChI=1S/C12H22O3/c1-10(2)11(13)15-9-14-8-6-7-12(3,4)5/h1,6-9H2,2-5H3. The summed E-state index contributed by atoms with van der Waals surface area (Å²) in [5.74, 6) is -0.397. The van der Waals surface area contributed by atoms with E-state index in [1.165, 1.54) is 0 Å².